The average Bonchev–Trinajstić information content (AvgIpc) is 2.57. The molecule has 1 heterocycles. The molecule has 134 valence electrons. The molecule has 2 rings (SSSR count). The molecular formula is C19H30N2O3. The molecule has 5 heteroatoms. The molecule has 1 atom stereocenters. The van der Waals surface area contributed by atoms with Gasteiger partial charge >= 0.3 is 0 Å². The Morgan fingerprint density at radius 3 is 2.71 bits per heavy atom. The number of aryl methyl sites for hydroxylation is 2. The second kappa shape index (κ2) is 9.16. The number of nitrogens with zero attached hydrogens (tertiary/aromatic N) is 1. The maximum Gasteiger partial charge on any atom is 0.241 e. The van der Waals surface area contributed by atoms with Gasteiger partial charge in [0.15, 0.2) is 0 Å². The number of hydrogen-bond acceptors (Lipinski definition) is 4. The van der Waals surface area contributed by atoms with E-state index in [9.17, 15) is 4.79 Å². The Bertz CT molecular complexity index is 539. The third-order valence-corrected chi connectivity index (χ3v) is 4.70. The first kappa shape index (κ1) is 18.9. The number of carbonyl (C=O) groups excluding carboxylic acids is 1. The standard InChI is InChI=1S/C19H30N2O3/c1-14-5-6-18(15(2)13-14)20-19(23)16(3)21-9-7-17(8-10-21)24-12-4-11-22/h5-6,13,16-17,22H,4,7-12H2,1-3H3,(H,20,23). The summed E-state index contributed by atoms with van der Waals surface area (Å²) in [6, 6.07) is 5.92. The predicted octanol–water partition coefficient (Wildman–Crippen LogP) is 2.49. The van der Waals surface area contributed by atoms with Gasteiger partial charge in [-0.1, -0.05) is 17.7 Å². The number of ether oxygens (including phenoxy) is 1. The van der Waals surface area contributed by atoms with Gasteiger partial charge in [-0.15, -0.1) is 0 Å². The molecule has 24 heavy (non-hydrogen) atoms. The van der Waals surface area contributed by atoms with Gasteiger partial charge in [-0.2, -0.15) is 0 Å². The fourth-order valence-corrected chi connectivity index (χ4v) is 3.10. The number of carbonyl (C=O) groups is 1. The third-order valence-electron chi connectivity index (χ3n) is 4.70. The lowest BCUT2D eigenvalue weighted by Gasteiger charge is -2.35. The number of nitrogens with one attached hydrogen (secondary N) is 1. The van der Waals surface area contributed by atoms with Crippen molar-refractivity contribution in [3.05, 3.63) is 29.3 Å². The Morgan fingerprint density at radius 1 is 1.38 bits per heavy atom. The highest BCUT2D eigenvalue weighted by Crippen LogP contribution is 2.19. The highest BCUT2D eigenvalue weighted by Gasteiger charge is 2.27. The number of piperidine rings is 1. The van der Waals surface area contributed by atoms with Crippen LogP contribution in [0.5, 0.6) is 0 Å². The molecule has 0 spiro atoms. The van der Waals surface area contributed by atoms with Crippen LogP contribution >= 0.6 is 0 Å². The summed E-state index contributed by atoms with van der Waals surface area (Å²) in [5.41, 5.74) is 3.17. The largest absolute Gasteiger partial charge is 0.396 e. The summed E-state index contributed by atoms with van der Waals surface area (Å²) in [6.07, 6.45) is 2.82. The molecule has 1 saturated heterocycles. The second-order valence-corrected chi connectivity index (χ2v) is 6.67. The molecule has 2 N–H and O–H groups in total. The van der Waals surface area contributed by atoms with Crippen molar-refractivity contribution in [1.29, 1.82) is 0 Å². The van der Waals surface area contributed by atoms with Crippen LogP contribution in [0.2, 0.25) is 0 Å². The van der Waals surface area contributed by atoms with Crippen LogP contribution in [-0.2, 0) is 9.53 Å². The molecule has 1 aromatic rings. The Labute approximate surface area is 145 Å². The minimum absolute atomic E-state index is 0.0431. The van der Waals surface area contributed by atoms with E-state index < -0.39 is 0 Å². The Morgan fingerprint density at radius 2 is 2.08 bits per heavy atom. The topological polar surface area (TPSA) is 61.8 Å². The van der Waals surface area contributed by atoms with Crippen molar-refractivity contribution >= 4 is 11.6 Å². The molecule has 0 aliphatic carbocycles. The summed E-state index contributed by atoms with van der Waals surface area (Å²) in [4.78, 5) is 14.7. The van der Waals surface area contributed by atoms with Crippen molar-refractivity contribution in [3.63, 3.8) is 0 Å². The summed E-state index contributed by atoms with van der Waals surface area (Å²) in [5, 5.41) is 11.8. The maximum absolute atomic E-state index is 12.5. The number of likely N-dealkylation sites (tertiary alicyclic amines) is 1. The van der Waals surface area contributed by atoms with E-state index in [2.05, 4.69) is 16.3 Å². The minimum Gasteiger partial charge on any atom is -0.396 e. The van der Waals surface area contributed by atoms with Gasteiger partial charge in [0.25, 0.3) is 0 Å². The Hall–Kier alpha value is -1.43. The first-order valence-electron chi connectivity index (χ1n) is 8.86. The zero-order valence-corrected chi connectivity index (χ0v) is 15.0. The van der Waals surface area contributed by atoms with E-state index in [0.29, 0.717) is 13.0 Å². The van der Waals surface area contributed by atoms with Crippen molar-refractivity contribution in [2.75, 3.05) is 31.6 Å². The monoisotopic (exact) mass is 334 g/mol. The summed E-state index contributed by atoms with van der Waals surface area (Å²) in [5.74, 6) is 0.0431. The zero-order valence-electron chi connectivity index (χ0n) is 15.0. The van der Waals surface area contributed by atoms with Gasteiger partial charge in [0, 0.05) is 32.0 Å². The Kier molecular flexibility index (Phi) is 7.21. The summed E-state index contributed by atoms with van der Waals surface area (Å²) < 4.78 is 5.75. The summed E-state index contributed by atoms with van der Waals surface area (Å²) in [6.45, 7) is 8.55. The summed E-state index contributed by atoms with van der Waals surface area (Å²) >= 11 is 0. The maximum atomic E-state index is 12.5. The molecule has 1 amide bonds. The van der Waals surface area contributed by atoms with Crippen LogP contribution in [0.3, 0.4) is 0 Å². The van der Waals surface area contributed by atoms with E-state index in [1.165, 1.54) is 5.56 Å². The highest BCUT2D eigenvalue weighted by atomic mass is 16.5. The average molecular weight is 334 g/mol. The molecule has 0 aromatic heterocycles. The number of aliphatic hydroxyl groups excluding tert-OH is 1. The first-order chi connectivity index (χ1) is 11.5. The molecule has 1 aromatic carbocycles. The number of anilines is 1. The summed E-state index contributed by atoms with van der Waals surface area (Å²) in [7, 11) is 0. The molecule has 0 bridgehead atoms. The van der Waals surface area contributed by atoms with Crippen LogP contribution in [-0.4, -0.2) is 54.4 Å². The van der Waals surface area contributed by atoms with Gasteiger partial charge < -0.3 is 15.2 Å². The Balaban J connectivity index is 1.81. The number of aliphatic hydroxyl groups is 1. The van der Waals surface area contributed by atoms with Gasteiger partial charge in [-0.05, 0) is 51.7 Å². The lowest BCUT2D eigenvalue weighted by molar-refractivity contribution is -0.121. The van der Waals surface area contributed by atoms with Crippen molar-refractivity contribution in [2.24, 2.45) is 0 Å². The van der Waals surface area contributed by atoms with E-state index in [1.807, 2.05) is 32.9 Å². The lowest BCUT2D eigenvalue weighted by Crippen LogP contribution is -2.47. The highest BCUT2D eigenvalue weighted by molar-refractivity contribution is 5.95. The van der Waals surface area contributed by atoms with Crippen molar-refractivity contribution in [1.82, 2.24) is 4.90 Å². The number of benzene rings is 1. The predicted molar refractivity (Wildman–Crippen MR) is 96.3 cm³/mol. The van der Waals surface area contributed by atoms with Gasteiger partial charge in [-0.25, -0.2) is 0 Å². The van der Waals surface area contributed by atoms with E-state index >= 15 is 0 Å². The van der Waals surface area contributed by atoms with Crippen LogP contribution in [0.25, 0.3) is 0 Å². The quantitative estimate of drug-likeness (QED) is 0.752. The van der Waals surface area contributed by atoms with Gasteiger partial charge in [-0.3, -0.25) is 9.69 Å². The van der Waals surface area contributed by atoms with Crippen molar-refractivity contribution < 1.29 is 14.6 Å². The smallest absolute Gasteiger partial charge is 0.241 e. The fourth-order valence-electron chi connectivity index (χ4n) is 3.10. The van der Waals surface area contributed by atoms with E-state index in [-0.39, 0.29) is 24.7 Å². The molecule has 1 fully saturated rings. The normalized spacial score (nSPS) is 17.7. The molecule has 0 radical (unpaired) electrons. The molecule has 1 aliphatic heterocycles. The number of rotatable bonds is 7. The van der Waals surface area contributed by atoms with Crippen LogP contribution < -0.4 is 5.32 Å². The molecule has 0 saturated carbocycles. The minimum atomic E-state index is -0.149. The van der Waals surface area contributed by atoms with Crippen molar-refractivity contribution in [3.8, 4) is 0 Å². The molecule has 5 nitrogen and oxygen atoms in total. The number of hydrogen-bond donors (Lipinski definition) is 2. The lowest BCUT2D eigenvalue weighted by atomic mass is 10.1. The fraction of sp³-hybridized carbons (Fsp3) is 0.632. The van der Waals surface area contributed by atoms with Crippen LogP contribution in [0.15, 0.2) is 18.2 Å². The molecular weight excluding hydrogens is 304 g/mol. The SMILES string of the molecule is Cc1ccc(NC(=O)C(C)N2CCC(OCCCO)CC2)c(C)c1. The molecule has 1 aliphatic rings. The first-order valence-corrected chi connectivity index (χ1v) is 8.86. The zero-order chi connectivity index (χ0) is 17.5. The van der Waals surface area contributed by atoms with E-state index in [4.69, 9.17) is 9.84 Å². The number of amides is 1. The van der Waals surface area contributed by atoms with Gasteiger partial charge in [0.1, 0.15) is 0 Å². The van der Waals surface area contributed by atoms with Crippen LogP contribution in [0.4, 0.5) is 5.69 Å². The molecule has 1 unspecified atom stereocenters. The van der Waals surface area contributed by atoms with Crippen LogP contribution in [0, 0.1) is 13.8 Å². The third kappa shape index (κ3) is 5.30. The van der Waals surface area contributed by atoms with E-state index in [0.717, 1.165) is 37.2 Å². The van der Waals surface area contributed by atoms with Gasteiger partial charge in [0.05, 0.1) is 12.1 Å². The van der Waals surface area contributed by atoms with Crippen molar-refractivity contribution in [2.45, 2.75) is 52.2 Å². The van der Waals surface area contributed by atoms with E-state index in [1.54, 1.807) is 0 Å². The van der Waals surface area contributed by atoms with Crippen LogP contribution in [0.1, 0.15) is 37.3 Å². The second-order valence-electron chi connectivity index (χ2n) is 6.67. The van der Waals surface area contributed by atoms with Gasteiger partial charge in [0.2, 0.25) is 5.91 Å².